The number of hydrogen-bond donors (Lipinski definition) is 1. The molecule has 2 rings (SSSR count). The van der Waals surface area contributed by atoms with Crippen molar-refractivity contribution in [2.75, 3.05) is 7.05 Å². The fraction of sp³-hybridized carbons (Fsp3) is 0.267. The maximum atomic E-state index is 13.2. The molecule has 0 saturated heterocycles. The summed E-state index contributed by atoms with van der Waals surface area (Å²) in [5.41, 5.74) is 3.39. The molecule has 18 heavy (non-hydrogen) atoms. The minimum absolute atomic E-state index is 0.0781. The molecule has 0 spiro atoms. The van der Waals surface area contributed by atoms with E-state index in [1.807, 2.05) is 19.2 Å². The molecule has 1 atom stereocenters. The van der Waals surface area contributed by atoms with Crippen molar-refractivity contribution in [3.05, 3.63) is 65.2 Å². The highest BCUT2D eigenvalue weighted by molar-refractivity contribution is 5.28. The van der Waals surface area contributed by atoms with Crippen LogP contribution in [-0.4, -0.2) is 12.0 Å². The predicted molar refractivity (Wildman–Crippen MR) is 70.9 cm³/mol. The third-order valence-electron chi connectivity index (χ3n) is 3.16. The summed E-state index contributed by atoms with van der Waals surface area (Å²) in [6.45, 7) is 2.09. The SMILES string of the molecule is CNC(Cc1ccccc1C)c1cncc(F)c1. The molecule has 1 aromatic heterocycles. The molecule has 0 aliphatic heterocycles. The van der Waals surface area contributed by atoms with Crippen LogP contribution in [0.25, 0.3) is 0 Å². The molecule has 94 valence electrons. The molecule has 3 heteroatoms. The monoisotopic (exact) mass is 244 g/mol. The van der Waals surface area contributed by atoms with Crippen LogP contribution < -0.4 is 5.32 Å². The minimum atomic E-state index is -0.294. The van der Waals surface area contributed by atoms with E-state index in [4.69, 9.17) is 0 Å². The highest BCUT2D eigenvalue weighted by Crippen LogP contribution is 2.20. The quantitative estimate of drug-likeness (QED) is 0.894. The summed E-state index contributed by atoms with van der Waals surface area (Å²) in [5.74, 6) is -0.294. The van der Waals surface area contributed by atoms with Crippen LogP contribution in [0.3, 0.4) is 0 Å². The third kappa shape index (κ3) is 2.93. The van der Waals surface area contributed by atoms with E-state index in [2.05, 4.69) is 29.4 Å². The Kier molecular flexibility index (Phi) is 4.05. The number of likely N-dealkylation sites (N-methyl/N-ethyl adjacent to an activating group) is 1. The van der Waals surface area contributed by atoms with Crippen molar-refractivity contribution in [1.82, 2.24) is 10.3 Å². The summed E-state index contributed by atoms with van der Waals surface area (Å²) in [7, 11) is 1.88. The van der Waals surface area contributed by atoms with E-state index in [1.54, 1.807) is 6.20 Å². The van der Waals surface area contributed by atoms with Gasteiger partial charge in [0.1, 0.15) is 5.82 Å². The molecule has 0 radical (unpaired) electrons. The normalized spacial score (nSPS) is 12.4. The zero-order valence-corrected chi connectivity index (χ0v) is 10.7. The average Bonchev–Trinajstić information content (AvgIpc) is 2.38. The molecule has 0 bridgehead atoms. The molecule has 0 saturated carbocycles. The van der Waals surface area contributed by atoms with Crippen molar-refractivity contribution in [2.45, 2.75) is 19.4 Å². The van der Waals surface area contributed by atoms with Crippen LogP contribution in [-0.2, 0) is 6.42 Å². The van der Waals surface area contributed by atoms with Gasteiger partial charge in [-0.3, -0.25) is 4.98 Å². The Bertz CT molecular complexity index is 525. The second-order valence-electron chi connectivity index (χ2n) is 4.41. The van der Waals surface area contributed by atoms with E-state index in [-0.39, 0.29) is 11.9 Å². The van der Waals surface area contributed by atoms with Gasteiger partial charge in [-0.2, -0.15) is 0 Å². The van der Waals surface area contributed by atoms with Crippen LogP contribution in [0.5, 0.6) is 0 Å². The molecule has 0 fully saturated rings. The lowest BCUT2D eigenvalue weighted by Crippen LogP contribution is -2.19. The van der Waals surface area contributed by atoms with E-state index >= 15 is 0 Å². The number of aromatic nitrogens is 1. The van der Waals surface area contributed by atoms with Gasteiger partial charge in [0.25, 0.3) is 0 Å². The smallest absolute Gasteiger partial charge is 0.141 e. The van der Waals surface area contributed by atoms with Gasteiger partial charge in [0.05, 0.1) is 6.20 Å². The van der Waals surface area contributed by atoms with E-state index in [1.165, 1.54) is 23.4 Å². The van der Waals surface area contributed by atoms with Crippen LogP contribution in [0.1, 0.15) is 22.7 Å². The van der Waals surface area contributed by atoms with Gasteiger partial charge in [-0.15, -0.1) is 0 Å². The van der Waals surface area contributed by atoms with Crippen LogP contribution in [0.4, 0.5) is 4.39 Å². The summed E-state index contributed by atoms with van der Waals surface area (Å²) in [5, 5.41) is 3.21. The lowest BCUT2D eigenvalue weighted by Gasteiger charge is -2.17. The Morgan fingerprint density at radius 3 is 2.72 bits per heavy atom. The van der Waals surface area contributed by atoms with Gasteiger partial charge in [0, 0.05) is 12.2 Å². The zero-order valence-electron chi connectivity index (χ0n) is 10.7. The molecular formula is C15H17FN2. The highest BCUT2D eigenvalue weighted by Gasteiger charge is 2.12. The number of hydrogen-bond acceptors (Lipinski definition) is 2. The van der Waals surface area contributed by atoms with Gasteiger partial charge < -0.3 is 5.32 Å². The Morgan fingerprint density at radius 2 is 2.06 bits per heavy atom. The molecule has 1 N–H and O–H groups in total. The standard InChI is InChI=1S/C15H17FN2/c1-11-5-3-4-6-12(11)8-15(17-2)13-7-14(16)10-18-9-13/h3-7,9-10,15,17H,8H2,1-2H3. The van der Waals surface area contributed by atoms with Crippen LogP contribution >= 0.6 is 0 Å². The number of nitrogens with zero attached hydrogens (tertiary/aromatic N) is 1. The second kappa shape index (κ2) is 5.74. The van der Waals surface area contributed by atoms with Gasteiger partial charge in [-0.25, -0.2) is 4.39 Å². The molecular weight excluding hydrogens is 227 g/mol. The second-order valence-corrected chi connectivity index (χ2v) is 4.41. The highest BCUT2D eigenvalue weighted by atomic mass is 19.1. The number of halogens is 1. The van der Waals surface area contributed by atoms with E-state index in [0.717, 1.165) is 12.0 Å². The van der Waals surface area contributed by atoms with Gasteiger partial charge in [0.2, 0.25) is 0 Å². The predicted octanol–water partition coefficient (Wildman–Crippen LogP) is 3.03. The van der Waals surface area contributed by atoms with Crippen molar-refractivity contribution in [3.63, 3.8) is 0 Å². The molecule has 0 amide bonds. The van der Waals surface area contributed by atoms with E-state index in [9.17, 15) is 4.39 Å². The first-order chi connectivity index (χ1) is 8.70. The van der Waals surface area contributed by atoms with Crippen molar-refractivity contribution < 1.29 is 4.39 Å². The van der Waals surface area contributed by atoms with Crippen molar-refractivity contribution in [3.8, 4) is 0 Å². The number of rotatable bonds is 4. The maximum Gasteiger partial charge on any atom is 0.141 e. The summed E-state index contributed by atoms with van der Waals surface area (Å²) in [4.78, 5) is 3.90. The number of pyridine rings is 1. The Hall–Kier alpha value is -1.74. The Balaban J connectivity index is 2.23. The lowest BCUT2D eigenvalue weighted by atomic mass is 9.97. The van der Waals surface area contributed by atoms with Gasteiger partial charge >= 0.3 is 0 Å². The molecule has 2 nitrogen and oxygen atoms in total. The summed E-state index contributed by atoms with van der Waals surface area (Å²) in [6, 6.07) is 9.86. The van der Waals surface area contributed by atoms with Crippen molar-refractivity contribution >= 4 is 0 Å². The average molecular weight is 244 g/mol. The van der Waals surface area contributed by atoms with Crippen molar-refractivity contribution in [2.24, 2.45) is 0 Å². The fourth-order valence-corrected chi connectivity index (χ4v) is 2.06. The number of nitrogens with one attached hydrogen (secondary N) is 1. The maximum absolute atomic E-state index is 13.2. The van der Waals surface area contributed by atoms with E-state index < -0.39 is 0 Å². The first-order valence-corrected chi connectivity index (χ1v) is 6.03. The lowest BCUT2D eigenvalue weighted by molar-refractivity contribution is 0.571. The molecule has 1 aromatic carbocycles. The fourth-order valence-electron chi connectivity index (χ4n) is 2.06. The Morgan fingerprint density at radius 1 is 1.28 bits per heavy atom. The Labute approximate surface area is 107 Å². The summed E-state index contributed by atoms with van der Waals surface area (Å²) < 4.78 is 13.2. The molecule has 1 heterocycles. The number of benzene rings is 1. The van der Waals surface area contributed by atoms with E-state index in [0.29, 0.717) is 0 Å². The van der Waals surface area contributed by atoms with Gasteiger partial charge in [-0.1, -0.05) is 24.3 Å². The molecule has 0 aliphatic rings. The largest absolute Gasteiger partial charge is 0.313 e. The zero-order chi connectivity index (χ0) is 13.0. The first-order valence-electron chi connectivity index (χ1n) is 6.03. The first kappa shape index (κ1) is 12.7. The molecule has 2 aromatic rings. The number of aryl methyl sites for hydroxylation is 1. The molecule has 1 unspecified atom stereocenters. The van der Waals surface area contributed by atoms with Crippen LogP contribution in [0, 0.1) is 12.7 Å². The summed E-state index contributed by atoms with van der Waals surface area (Å²) >= 11 is 0. The van der Waals surface area contributed by atoms with Crippen LogP contribution in [0.2, 0.25) is 0 Å². The molecule has 0 aliphatic carbocycles. The summed E-state index contributed by atoms with van der Waals surface area (Å²) in [6.07, 6.45) is 3.76. The topological polar surface area (TPSA) is 24.9 Å². The minimum Gasteiger partial charge on any atom is -0.313 e. The van der Waals surface area contributed by atoms with Gasteiger partial charge in [0.15, 0.2) is 0 Å². The van der Waals surface area contributed by atoms with Crippen LogP contribution in [0.15, 0.2) is 42.7 Å². The third-order valence-corrected chi connectivity index (χ3v) is 3.16. The van der Waals surface area contributed by atoms with Gasteiger partial charge in [-0.05, 0) is 43.1 Å². The van der Waals surface area contributed by atoms with Crippen molar-refractivity contribution in [1.29, 1.82) is 0 Å².